The molecular weight excluding hydrogens is 274 g/mol. The van der Waals surface area contributed by atoms with Crippen molar-refractivity contribution in [3.8, 4) is 5.75 Å². The van der Waals surface area contributed by atoms with E-state index in [0.29, 0.717) is 12.3 Å². The molecule has 0 unspecified atom stereocenters. The van der Waals surface area contributed by atoms with Gasteiger partial charge in [0, 0.05) is 7.05 Å². The maximum absolute atomic E-state index is 12.4. The quantitative estimate of drug-likeness (QED) is 0.851. The highest BCUT2D eigenvalue weighted by Crippen LogP contribution is 2.24. The van der Waals surface area contributed by atoms with Crippen LogP contribution in [-0.4, -0.2) is 22.1 Å². The van der Waals surface area contributed by atoms with Gasteiger partial charge >= 0.3 is 0 Å². The second-order valence-corrected chi connectivity index (χ2v) is 6.18. The van der Waals surface area contributed by atoms with Crippen LogP contribution in [0.25, 0.3) is 0 Å². The van der Waals surface area contributed by atoms with Gasteiger partial charge in [-0.1, -0.05) is 18.2 Å². The van der Waals surface area contributed by atoms with E-state index in [1.165, 1.54) is 11.4 Å². The largest absolute Gasteiger partial charge is 0.494 e. The van der Waals surface area contributed by atoms with Crippen LogP contribution in [0, 0.1) is 0 Å². The van der Waals surface area contributed by atoms with Crippen molar-refractivity contribution in [3.63, 3.8) is 0 Å². The molecule has 4 nitrogen and oxygen atoms in total. The molecule has 0 saturated carbocycles. The monoisotopic (exact) mass is 291 g/mol. The summed E-state index contributed by atoms with van der Waals surface area (Å²) in [5, 5.41) is 0. The molecule has 5 heteroatoms. The zero-order valence-electron chi connectivity index (χ0n) is 11.5. The molecule has 2 aromatic carbocycles. The first-order valence-electron chi connectivity index (χ1n) is 6.32. The van der Waals surface area contributed by atoms with E-state index in [2.05, 4.69) is 0 Å². The maximum Gasteiger partial charge on any atom is 0.264 e. The lowest BCUT2D eigenvalue weighted by molar-refractivity contribution is 0.340. The molecule has 2 rings (SSSR count). The van der Waals surface area contributed by atoms with Crippen LogP contribution < -0.4 is 9.04 Å². The van der Waals surface area contributed by atoms with Gasteiger partial charge in [0.05, 0.1) is 17.2 Å². The third-order valence-corrected chi connectivity index (χ3v) is 4.71. The van der Waals surface area contributed by atoms with E-state index in [1.54, 1.807) is 54.6 Å². The van der Waals surface area contributed by atoms with E-state index in [4.69, 9.17) is 4.74 Å². The van der Waals surface area contributed by atoms with E-state index < -0.39 is 10.0 Å². The van der Waals surface area contributed by atoms with Crippen molar-refractivity contribution in [2.75, 3.05) is 18.0 Å². The highest BCUT2D eigenvalue weighted by Gasteiger charge is 2.20. The van der Waals surface area contributed by atoms with E-state index in [-0.39, 0.29) is 4.90 Å². The van der Waals surface area contributed by atoms with Gasteiger partial charge in [0.15, 0.2) is 0 Å². The molecule has 0 radical (unpaired) electrons. The fourth-order valence-electron chi connectivity index (χ4n) is 1.81. The molecule has 0 bridgehead atoms. The Morgan fingerprint density at radius 1 is 1.00 bits per heavy atom. The Balaban J connectivity index is 2.29. The van der Waals surface area contributed by atoms with Crippen molar-refractivity contribution in [3.05, 3.63) is 54.6 Å². The summed E-state index contributed by atoms with van der Waals surface area (Å²) in [6, 6.07) is 15.3. The molecule has 0 amide bonds. The highest BCUT2D eigenvalue weighted by molar-refractivity contribution is 7.92. The summed E-state index contributed by atoms with van der Waals surface area (Å²) in [5.74, 6) is 0.724. The summed E-state index contributed by atoms with van der Waals surface area (Å²) in [5.41, 5.74) is 0.595. The predicted octanol–water partition coefficient (Wildman–Crippen LogP) is 2.91. The standard InChI is InChI=1S/C15H17NO3S/c1-3-19-14-11-9-13(10-12-14)16(2)20(17,18)15-7-5-4-6-8-15/h4-12H,3H2,1-2H3. The van der Waals surface area contributed by atoms with Crippen LogP contribution in [0.3, 0.4) is 0 Å². The lowest BCUT2D eigenvalue weighted by Gasteiger charge is -2.19. The van der Waals surface area contributed by atoms with Crippen LogP contribution >= 0.6 is 0 Å². The zero-order chi connectivity index (χ0) is 14.6. The smallest absolute Gasteiger partial charge is 0.264 e. The molecule has 0 atom stereocenters. The van der Waals surface area contributed by atoms with Crippen molar-refractivity contribution in [1.29, 1.82) is 0 Å². The van der Waals surface area contributed by atoms with Gasteiger partial charge in [-0.25, -0.2) is 8.42 Å². The normalized spacial score (nSPS) is 11.1. The number of anilines is 1. The average molecular weight is 291 g/mol. The second-order valence-electron chi connectivity index (χ2n) is 4.21. The maximum atomic E-state index is 12.4. The number of hydrogen-bond donors (Lipinski definition) is 0. The van der Waals surface area contributed by atoms with Gasteiger partial charge in [0.1, 0.15) is 5.75 Å². The summed E-state index contributed by atoms with van der Waals surface area (Å²) >= 11 is 0. The van der Waals surface area contributed by atoms with E-state index in [0.717, 1.165) is 5.75 Å². The molecule has 20 heavy (non-hydrogen) atoms. The van der Waals surface area contributed by atoms with E-state index in [9.17, 15) is 8.42 Å². The summed E-state index contributed by atoms with van der Waals surface area (Å²) in [6.45, 7) is 2.48. The van der Waals surface area contributed by atoms with Gasteiger partial charge in [-0.05, 0) is 43.3 Å². The minimum absolute atomic E-state index is 0.274. The molecule has 106 valence electrons. The Morgan fingerprint density at radius 3 is 2.15 bits per heavy atom. The lowest BCUT2D eigenvalue weighted by Crippen LogP contribution is -2.26. The van der Waals surface area contributed by atoms with Crippen LogP contribution in [0.4, 0.5) is 5.69 Å². The molecule has 0 N–H and O–H groups in total. The average Bonchev–Trinajstić information content (AvgIpc) is 2.48. The van der Waals surface area contributed by atoms with Crippen LogP contribution in [-0.2, 0) is 10.0 Å². The third-order valence-electron chi connectivity index (χ3n) is 2.91. The van der Waals surface area contributed by atoms with Crippen molar-refractivity contribution in [1.82, 2.24) is 0 Å². The molecule has 0 saturated heterocycles. The van der Waals surface area contributed by atoms with Gasteiger partial charge in [-0.15, -0.1) is 0 Å². The Hall–Kier alpha value is -2.01. The van der Waals surface area contributed by atoms with Gasteiger partial charge < -0.3 is 4.74 Å². The number of benzene rings is 2. The number of nitrogens with zero attached hydrogens (tertiary/aromatic N) is 1. The molecule has 0 fully saturated rings. The highest BCUT2D eigenvalue weighted by atomic mass is 32.2. The molecule has 0 aliphatic rings. The molecule has 0 aromatic heterocycles. The SMILES string of the molecule is CCOc1ccc(N(C)S(=O)(=O)c2ccccc2)cc1. The van der Waals surface area contributed by atoms with E-state index >= 15 is 0 Å². The summed E-state index contributed by atoms with van der Waals surface area (Å²) in [4.78, 5) is 0.274. The molecule has 0 aliphatic heterocycles. The Bertz CT molecular complexity index is 651. The first kappa shape index (κ1) is 14.4. The third kappa shape index (κ3) is 2.93. The number of ether oxygens (including phenoxy) is 1. The number of hydrogen-bond acceptors (Lipinski definition) is 3. The zero-order valence-corrected chi connectivity index (χ0v) is 12.3. The molecule has 2 aromatic rings. The molecule has 0 heterocycles. The van der Waals surface area contributed by atoms with Crippen molar-refractivity contribution < 1.29 is 13.2 Å². The minimum atomic E-state index is -3.52. The van der Waals surface area contributed by atoms with Crippen LogP contribution in [0.5, 0.6) is 5.75 Å². The summed E-state index contributed by atoms with van der Waals surface area (Å²) in [6.07, 6.45) is 0. The van der Waals surface area contributed by atoms with Crippen molar-refractivity contribution >= 4 is 15.7 Å². The summed E-state index contributed by atoms with van der Waals surface area (Å²) < 4.78 is 31.5. The van der Waals surface area contributed by atoms with Gasteiger partial charge in [0.2, 0.25) is 0 Å². The molecular formula is C15H17NO3S. The first-order chi connectivity index (χ1) is 9.55. The number of rotatable bonds is 5. The Labute approximate surface area is 119 Å². The second kappa shape index (κ2) is 5.96. The lowest BCUT2D eigenvalue weighted by atomic mass is 10.3. The Morgan fingerprint density at radius 2 is 1.60 bits per heavy atom. The van der Waals surface area contributed by atoms with Crippen LogP contribution in [0.2, 0.25) is 0 Å². The Kier molecular flexibility index (Phi) is 4.29. The van der Waals surface area contributed by atoms with Crippen molar-refractivity contribution in [2.24, 2.45) is 0 Å². The first-order valence-corrected chi connectivity index (χ1v) is 7.76. The fraction of sp³-hybridized carbons (Fsp3) is 0.200. The van der Waals surface area contributed by atoms with Gasteiger partial charge in [0.25, 0.3) is 10.0 Å². The van der Waals surface area contributed by atoms with Gasteiger partial charge in [-0.2, -0.15) is 0 Å². The number of sulfonamides is 1. The van der Waals surface area contributed by atoms with Crippen LogP contribution in [0.1, 0.15) is 6.92 Å². The van der Waals surface area contributed by atoms with Crippen LogP contribution in [0.15, 0.2) is 59.5 Å². The fourth-order valence-corrected chi connectivity index (χ4v) is 3.02. The van der Waals surface area contributed by atoms with Crippen molar-refractivity contribution in [2.45, 2.75) is 11.8 Å². The molecule has 0 aliphatic carbocycles. The van der Waals surface area contributed by atoms with E-state index in [1.807, 2.05) is 6.92 Å². The minimum Gasteiger partial charge on any atom is -0.494 e. The molecule has 0 spiro atoms. The summed E-state index contributed by atoms with van der Waals surface area (Å²) in [7, 11) is -1.98. The topological polar surface area (TPSA) is 46.6 Å². The predicted molar refractivity (Wildman–Crippen MR) is 79.6 cm³/mol. The van der Waals surface area contributed by atoms with Gasteiger partial charge in [-0.3, -0.25) is 4.31 Å².